The van der Waals surface area contributed by atoms with Gasteiger partial charge in [-0.25, -0.2) is 0 Å². The van der Waals surface area contributed by atoms with Gasteiger partial charge in [0.2, 0.25) is 0 Å². The summed E-state index contributed by atoms with van der Waals surface area (Å²) in [4.78, 5) is 0. The van der Waals surface area contributed by atoms with Gasteiger partial charge in [0.25, 0.3) is 0 Å². The zero-order valence-corrected chi connectivity index (χ0v) is 10.7. The highest BCUT2D eigenvalue weighted by Crippen LogP contribution is 2.21. The molecule has 2 N–H and O–H groups in total. The third kappa shape index (κ3) is 3.42. The molecule has 0 aliphatic carbocycles. The molecule has 0 radical (unpaired) electrons. The van der Waals surface area contributed by atoms with Gasteiger partial charge in [-0.3, -0.25) is 0 Å². The molecule has 0 aromatic heterocycles. The molecule has 1 heterocycles. The van der Waals surface area contributed by atoms with Crippen LogP contribution in [-0.2, 0) is 11.3 Å². The second-order valence-corrected chi connectivity index (χ2v) is 5.17. The van der Waals surface area contributed by atoms with E-state index in [0.717, 1.165) is 23.6 Å². The number of piperidine rings is 1. The minimum Gasteiger partial charge on any atom is -0.387 e. The molecule has 0 amide bonds. The van der Waals surface area contributed by atoms with E-state index in [0.29, 0.717) is 13.2 Å². The summed E-state index contributed by atoms with van der Waals surface area (Å²) in [5, 5.41) is 14.1. The van der Waals surface area contributed by atoms with Gasteiger partial charge in [-0.15, -0.1) is 0 Å². The van der Waals surface area contributed by atoms with Crippen LogP contribution < -0.4 is 5.32 Å². The first-order valence-electron chi connectivity index (χ1n) is 5.87. The molecule has 2 atom stereocenters. The SMILES string of the molecule is CC1(O)CCNCC1OCc1ccc(Cl)cc1. The topological polar surface area (TPSA) is 41.5 Å². The van der Waals surface area contributed by atoms with Crippen LogP contribution in [0.3, 0.4) is 0 Å². The van der Waals surface area contributed by atoms with Crippen molar-refractivity contribution in [2.75, 3.05) is 13.1 Å². The first-order valence-corrected chi connectivity index (χ1v) is 6.25. The Balaban J connectivity index is 1.91. The van der Waals surface area contributed by atoms with Gasteiger partial charge in [-0.2, -0.15) is 0 Å². The summed E-state index contributed by atoms with van der Waals surface area (Å²) in [6, 6.07) is 7.57. The highest BCUT2D eigenvalue weighted by molar-refractivity contribution is 6.30. The molecule has 1 aromatic carbocycles. The first kappa shape index (κ1) is 12.8. The van der Waals surface area contributed by atoms with E-state index < -0.39 is 5.60 Å². The summed E-state index contributed by atoms with van der Waals surface area (Å²) < 4.78 is 5.77. The van der Waals surface area contributed by atoms with E-state index in [1.54, 1.807) is 0 Å². The van der Waals surface area contributed by atoms with Crippen LogP contribution in [-0.4, -0.2) is 29.9 Å². The summed E-state index contributed by atoms with van der Waals surface area (Å²) in [6.45, 7) is 3.87. The van der Waals surface area contributed by atoms with Crippen LogP contribution in [0.5, 0.6) is 0 Å². The molecular formula is C13H18ClNO2. The Bertz CT molecular complexity index is 364. The molecule has 0 bridgehead atoms. The lowest BCUT2D eigenvalue weighted by molar-refractivity contribution is -0.118. The third-order valence-electron chi connectivity index (χ3n) is 3.20. The Hall–Kier alpha value is -0.610. The number of hydrogen-bond acceptors (Lipinski definition) is 3. The predicted molar refractivity (Wildman–Crippen MR) is 68.1 cm³/mol. The first-order chi connectivity index (χ1) is 8.08. The molecule has 2 unspecified atom stereocenters. The lowest BCUT2D eigenvalue weighted by Crippen LogP contribution is -2.53. The lowest BCUT2D eigenvalue weighted by Gasteiger charge is -2.37. The van der Waals surface area contributed by atoms with Gasteiger partial charge in [-0.05, 0) is 37.6 Å². The van der Waals surface area contributed by atoms with Gasteiger partial charge in [0.05, 0.1) is 18.3 Å². The monoisotopic (exact) mass is 255 g/mol. The largest absolute Gasteiger partial charge is 0.387 e. The Morgan fingerprint density at radius 1 is 1.47 bits per heavy atom. The maximum absolute atomic E-state index is 10.2. The summed E-state index contributed by atoms with van der Waals surface area (Å²) in [5.74, 6) is 0. The molecule has 1 fully saturated rings. The van der Waals surface area contributed by atoms with Gasteiger partial charge in [0.1, 0.15) is 0 Å². The van der Waals surface area contributed by atoms with Gasteiger partial charge in [0, 0.05) is 11.6 Å². The van der Waals surface area contributed by atoms with Gasteiger partial charge < -0.3 is 15.2 Å². The Labute approximate surface area is 107 Å². The van der Waals surface area contributed by atoms with E-state index in [1.165, 1.54) is 0 Å². The minimum absolute atomic E-state index is 0.160. The number of rotatable bonds is 3. The van der Waals surface area contributed by atoms with E-state index in [2.05, 4.69) is 5.32 Å². The van der Waals surface area contributed by atoms with Crippen LogP contribution in [0.2, 0.25) is 5.02 Å². The summed E-state index contributed by atoms with van der Waals surface area (Å²) in [5.41, 5.74) is 0.327. The van der Waals surface area contributed by atoms with E-state index in [9.17, 15) is 5.11 Å². The van der Waals surface area contributed by atoms with Crippen LogP contribution in [0.25, 0.3) is 0 Å². The lowest BCUT2D eigenvalue weighted by atomic mass is 9.92. The maximum atomic E-state index is 10.2. The average Bonchev–Trinajstić information content (AvgIpc) is 2.29. The predicted octanol–water partition coefficient (Wildman–Crippen LogP) is 1.97. The fourth-order valence-corrected chi connectivity index (χ4v) is 2.10. The fraction of sp³-hybridized carbons (Fsp3) is 0.538. The number of halogens is 1. The molecule has 3 nitrogen and oxygen atoms in total. The van der Waals surface area contributed by atoms with Crippen LogP contribution >= 0.6 is 11.6 Å². The van der Waals surface area contributed by atoms with Gasteiger partial charge in [-0.1, -0.05) is 23.7 Å². The van der Waals surface area contributed by atoms with Crippen molar-refractivity contribution in [2.45, 2.75) is 31.7 Å². The smallest absolute Gasteiger partial charge is 0.0988 e. The molecule has 2 rings (SSSR count). The zero-order chi connectivity index (χ0) is 12.3. The van der Waals surface area contributed by atoms with Crippen molar-refractivity contribution in [1.29, 1.82) is 0 Å². The second-order valence-electron chi connectivity index (χ2n) is 4.74. The van der Waals surface area contributed by atoms with Crippen LogP contribution in [0.4, 0.5) is 0 Å². The number of benzene rings is 1. The molecule has 1 aliphatic heterocycles. The third-order valence-corrected chi connectivity index (χ3v) is 3.45. The molecular weight excluding hydrogens is 238 g/mol. The Morgan fingerprint density at radius 2 is 2.18 bits per heavy atom. The highest BCUT2D eigenvalue weighted by atomic mass is 35.5. The van der Waals surface area contributed by atoms with Crippen LogP contribution in [0.15, 0.2) is 24.3 Å². The number of nitrogens with one attached hydrogen (secondary N) is 1. The van der Waals surface area contributed by atoms with Crippen LogP contribution in [0.1, 0.15) is 18.9 Å². The Kier molecular flexibility index (Phi) is 4.05. The molecule has 1 aromatic rings. The zero-order valence-electron chi connectivity index (χ0n) is 9.95. The second kappa shape index (κ2) is 5.36. The van der Waals surface area contributed by atoms with Gasteiger partial charge >= 0.3 is 0 Å². The quantitative estimate of drug-likeness (QED) is 0.868. The Morgan fingerprint density at radius 3 is 2.82 bits per heavy atom. The van der Waals surface area contributed by atoms with Crippen molar-refractivity contribution < 1.29 is 9.84 Å². The fourth-order valence-electron chi connectivity index (χ4n) is 1.97. The molecule has 4 heteroatoms. The molecule has 0 spiro atoms. The van der Waals surface area contributed by atoms with E-state index in [4.69, 9.17) is 16.3 Å². The van der Waals surface area contributed by atoms with Crippen LogP contribution in [0, 0.1) is 0 Å². The van der Waals surface area contributed by atoms with Crippen molar-refractivity contribution in [3.63, 3.8) is 0 Å². The van der Waals surface area contributed by atoms with Crippen molar-refractivity contribution in [3.05, 3.63) is 34.9 Å². The number of aliphatic hydroxyl groups is 1. The summed E-state index contributed by atoms with van der Waals surface area (Å²) >= 11 is 5.82. The van der Waals surface area contributed by atoms with Crippen molar-refractivity contribution in [2.24, 2.45) is 0 Å². The van der Waals surface area contributed by atoms with Crippen molar-refractivity contribution in [1.82, 2.24) is 5.32 Å². The van der Waals surface area contributed by atoms with Gasteiger partial charge in [0.15, 0.2) is 0 Å². The number of ether oxygens (including phenoxy) is 1. The van der Waals surface area contributed by atoms with E-state index in [-0.39, 0.29) is 6.10 Å². The van der Waals surface area contributed by atoms with Crippen molar-refractivity contribution in [3.8, 4) is 0 Å². The maximum Gasteiger partial charge on any atom is 0.0988 e. The van der Waals surface area contributed by atoms with Crippen molar-refractivity contribution >= 4 is 11.6 Å². The van der Waals surface area contributed by atoms with E-state index in [1.807, 2.05) is 31.2 Å². The molecule has 17 heavy (non-hydrogen) atoms. The minimum atomic E-state index is -0.738. The normalized spacial score (nSPS) is 29.2. The molecule has 0 saturated carbocycles. The summed E-state index contributed by atoms with van der Waals surface area (Å²) in [6.07, 6.45) is 0.560. The summed E-state index contributed by atoms with van der Waals surface area (Å²) in [7, 11) is 0. The number of hydrogen-bond donors (Lipinski definition) is 2. The molecule has 94 valence electrons. The van der Waals surface area contributed by atoms with E-state index >= 15 is 0 Å². The average molecular weight is 256 g/mol. The molecule has 1 aliphatic rings. The standard InChI is InChI=1S/C13H18ClNO2/c1-13(16)6-7-15-8-12(13)17-9-10-2-4-11(14)5-3-10/h2-5,12,15-16H,6-9H2,1H3. The molecule has 1 saturated heterocycles. The highest BCUT2D eigenvalue weighted by Gasteiger charge is 2.35.